The Morgan fingerprint density at radius 1 is 0.893 bits per heavy atom. The highest BCUT2D eigenvalue weighted by atomic mass is 15.2. The van der Waals surface area contributed by atoms with Gasteiger partial charge < -0.3 is 9.47 Å². The van der Waals surface area contributed by atoms with E-state index >= 15 is 0 Å². The predicted octanol–water partition coefficient (Wildman–Crippen LogP) is 12.6. The molecule has 6 rings (SSSR count). The monoisotopic (exact) mass is 728 g/mol. The second kappa shape index (κ2) is 18.7. The number of terminal acetylenes is 1. The number of aromatic nitrogens is 1. The average Bonchev–Trinajstić information content (AvgIpc) is 3.67. The van der Waals surface area contributed by atoms with Crippen LogP contribution >= 0.6 is 0 Å². The first kappa shape index (κ1) is 39.1. The molecule has 4 aromatic rings. The molecule has 1 aromatic heterocycles. The number of para-hydroxylation sites is 2. The standard InChI is InChI=1S/C54H52N2/c1-8-12-24-46(44-25-15-13-16-26-44)39-41(6)55-51(11-4)50(49-30-19-20-32-53(49)55)36-33-40(5)34-37-52-42(7)48-31-21-27-45(43(22-9-2)23-10-3)35-38-54(48)56(52)47-28-17-14-18-29-47/h2,8,10-26,28-32,34-39,48H,5,27,33H2,1,3-4,6-7H3/b12-8-,23-10-,31-21?,37-34-,41-39+,43-22+,45-35+,46-24+,50-36-,51-11+,54-38+. The average molecular weight is 729 g/mol. The van der Waals surface area contributed by atoms with E-state index in [2.05, 4.69) is 207 Å². The molecule has 0 spiro atoms. The van der Waals surface area contributed by atoms with Gasteiger partial charge >= 0.3 is 0 Å². The van der Waals surface area contributed by atoms with E-state index in [9.17, 15) is 0 Å². The molecule has 2 heterocycles. The van der Waals surface area contributed by atoms with Gasteiger partial charge in [0.25, 0.3) is 0 Å². The smallest absolute Gasteiger partial charge is 0.0537 e. The minimum absolute atomic E-state index is 0.162. The van der Waals surface area contributed by atoms with Gasteiger partial charge in [-0.3, -0.25) is 0 Å². The molecule has 0 bridgehead atoms. The minimum atomic E-state index is 0.162. The first-order chi connectivity index (χ1) is 27.4. The normalized spacial score (nSPS) is 19.5. The van der Waals surface area contributed by atoms with Crippen LogP contribution in [-0.2, 0) is 0 Å². The summed E-state index contributed by atoms with van der Waals surface area (Å²) in [5.41, 5.74) is 12.8. The Morgan fingerprint density at radius 3 is 2.34 bits per heavy atom. The molecule has 0 saturated carbocycles. The summed E-state index contributed by atoms with van der Waals surface area (Å²) < 4.78 is 2.38. The maximum absolute atomic E-state index is 5.71. The molecule has 3 aromatic carbocycles. The molecule has 2 aliphatic rings. The van der Waals surface area contributed by atoms with E-state index in [4.69, 9.17) is 6.42 Å². The Hall–Kier alpha value is -6.56. The number of hydrogen-bond donors (Lipinski definition) is 0. The van der Waals surface area contributed by atoms with Gasteiger partial charge in [0.05, 0.1) is 5.52 Å². The van der Waals surface area contributed by atoms with Crippen molar-refractivity contribution in [3.63, 3.8) is 0 Å². The van der Waals surface area contributed by atoms with Crippen molar-refractivity contribution < 1.29 is 0 Å². The van der Waals surface area contributed by atoms with Gasteiger partial charge in [-0.1, -0.05) is 152 Å². The van der Waals surface area contributed by atoms with E-state index < -0.39 is 0 Å². The number of rotatable bonds is 11. The molecular weight excluding hydrogens is 677 g/mol. The van der Waals surface area contributed by atoms with Gasteiger partial charge in [0, 0.05) is 44.7 Å². The van der Waals surface area contributed by atoms with E-state index in [1.54, 1.807) is 0 Å². The molecule has 56 heavy (non-hydrogen) atoms. The summed E-state index contributed by atoms with van der Waals surface area (Å²) in [6.45, 7) is 15.2. The highest BCUT2D eigenvalue weighted by Crippen LogP contribution is 2.43. The van der Waals surface area contributed by atoms with E-state index in [1.807, 2.05) is 26.0 Å². The molecule has 1 unspecified atom stereocenters. The molecule has 1 atom stereocenters. The quantitative estimate of drug-likeness (QED) is 0.0848. The van der Waals surface area contributed by atoms with Crippen molar-refractivity contribution in [2.24, 2.45) is 5.92 Å². The van der Waals surface area contributed by atoms with Crippen LogP contribution in [0, 0.1) is 18.3 Å². The van der Waals surface area contributed by atoms with Gasteiger partial charge in [-0.2, -0.15) is 0 Å². The Morgan fingerprint density at radius 2 is 1.62 bits per heavy atom. The fourth-order valence-electron chi connectivity index (χ4n) is 7.65. The molecule has 1 aliphatic heterocycles. The minimum Gasteiger partial charge on any atom is -0.314 e. The van der Waals surface area contributed by atoms with Crippen molar-refractivity contribution in [2.45, 2.75) is 47.5 Å². The van der Waals surface area contributed by atoms with Crippen LogP contribution < -0.4 is 15.5 Å². The number of nitrogens with zero attached hydrogens (tertiary/aromatic N) is 2. The summed E-state index contributed by atoms with van der Waals surface area (Å²) in [6, 6.07) is 29.9. The van der Waals surface area contributed by atoms with E-state index in [1.165, 1.54) is 55.1 Å². The maximum atomic E-state index is 5.71. The molecular formula is C54H52N2. The van der Waals surface area contributed by atoms with Gasteiger partial charge in [-0.25, -0.2) is 0 Å². The molecule has 1 aliphatic carbocycles. The van der Waals surface area contributed by atoms with Crippen LogP contribution in [0.2, 0.25) is 0 Å². The van der Waals surface area contributed by atoms with Gasteiger partial charge in [-0.15, -0.1) is 6.42 Å². The molecule has 0 radical (unpaired) electrons. The van der Waals surface area contributed by atoms with Gasteiger partial charge in [0.1, 0.15) is 0 Å². The van der Waals surface area contributed by atoms with Crippen molar-refractivity contribution in [1.29, 1.82) is 0 Å². The molecule has 0 N–H and O–H groups in total. The molecule has 0 fully saturated rings. The number of anilines is 1. The van der Waals surface area contributed by atoms with Crippen LogP contribution in [0.15, 0.2) is 204 Å². The second-order valence-electron chi connectivity index (χ2n) is 14.0. The predicted molar refractivity (Wildman–Crippen MR) is 245 cm³/mol. The Bertz CT molecular complexity index is 2580. The van der Waals surface area contributed by atoms with Crippen molar-refractivity contribution in [3.8, 4) is 12.3 Å². The van der Waals surface area contributed by atoms with E-state index in [-0.39, 0.29) is 5.92 Å². The topological polar surface area (TPSA) is 8.17 Å². The molecule has 2 nitrogen and oxygen atoms in total. The summed E-state index contributed by atoms with van der Waals surface area (Å²) in [7, 11) is 0. The van der Waals surface area contributed by atoms with Crippen molar-refractivity contribution >= 4 is 40.0 Å². The second-order valence-corrected chi connectivity index (χ2v) is 14.0. The highest BCUT2D eigenvalue weighted by Gasteiger charge is 2.32. The first-order valence-electron chi connectivity index (χ1n) is 19.5. The highest BCUT2D eigenvalue weighted by molar-refractivity contribution is 5.88. The maximum Gasteiger partial charge on any atom is 0.0537 e. The molecule has 0 saturated heterocycles. The summed E-state index contributed by atoms with van der Waals surface area (Å²) in [4.78, 5) is 2.39. The number of allylic oxidation sites excluding steroid dienone is 18. The fourth-order valence-corrected chi connectivity index (χ4v) is 7.65. The Labute approximate surface area is 334 Å². The summed E-state index contributed by atoms with van der Waals surface area (Å²) >= 11 is 0. The summed E-state index contributed by atoms with van der Waals surface area (Å²) in [5.74, 6) is 2.88. The molecule has 278 valence electrons. The van der Waals surface area contributed by atoms with Crippen LogP contribution in [0.1, 0.15) is 53.0 Å². The Balaban J connectivity index is 1.36. The third-order valence-electron chi connectivity index (χ3n) is 10.3. The number of fused-ring (bicyclic) bond motifs is 2. The van der Waals surface area contributed by atoms with Crippen LogP contribution in [0.25, 0.3) is 34.3 Å². The zero-order valence-corrected chi connectivity index (χ0v) is 33.4. The molecule has 2 heteroatoms. The van der Waals surface area contributed by atoms with Crippen molar-refractivity contribution in [1.82, 2.24) is 4.57 Å². The fraction of sp³-hybridized carbons (Fsp3) is 0.148. The van der Waals surface area contributed by atoms with Gasteiger partial charge in [-0.05, 0) is 118 Å². The lowest BCUT2D eigenvalue weighted by Crippen LogP contribution is -2.28. The number of benzene rings is 3. The largest absolute Gasteiger partial charge is 0.314 e. The van der Waals surface area contributed by atoms with Crippen LogP contribution in [0.3, 0.4) is 0 Å². The lowest BCUT2D eigenvalue weighted by Gasteiger charge is -2.25. The molecule has 0 amide bonds. The van der Waals surface area contributed by atoms with Crippen LogP contribution in [0.4, 0.5) is 5.69 Å². The summed E-state index contributed by atoms with van der Waals surface area (Å²) in [5, 5.41) is 3.63. The third kappa shape index (κ3) is 8.54. The zero-order valence-electron chi connectivity index (χ0n) is 33.4. The lowest BCUT2D eigenvalue weighted by atomic mass is 9.92. The summed E-state index contributed by atoms with van der Waals surface area (Å²) in [6.07, 6.45) is 40.0. The number of hydrogen-bond acceptors (Lipinski definition) is 1. The van der Waals surface area contributed by atoms with E-state index in [0.717, 1.165) is 35.4 Å². The van der Waals surface area contributed by atoms with Crippen molar-refractivity contribution in [2.75, 3.05) is 4.90 Å². The van der Waals surface area contributed by atoms with Crippen molar-refractivity contribution in [3.05, 3.63) is 220 Å². The first-order valence-corrected chi connectivity index (χ1v) is 19.5. The van der Waals surface area contributed by atoms with Gasteiger partial charge in [0.15, 0.2) is 0 Å². The van der Waals surface area contributed by atoms with E-state index in [0.29, 0.717) is 0 Å². The third-order valence-corrected chi connectivity index (χ3v) is 10.3. The Kier molecular flexibility index (Phi) is 13.0. The zero-order chi connectivity index (χ0) is 39.4. The van der Waals surface area contributed by atoms with Crippen LogP contribution in [-0.4, -0.2) is 4.57 Å². The van der Waals surface area contributed by atoms with Crippen LogP contribution in [0.5, 0.6) is 0 Å². The lowest BCUT2D eigenvalue weighted by molar-refractivity contribution is 0.905. The SMILES string of the molecule is C#C/C=C(\C=C/C)C1=C/C=C2\C(C=CC\1)C(C)=C(/C=C\C(=C)C/C=c1\c(=C/C)n(/C(C)=C/C(=C\C=C/C)c3ccccc3)c3ccccc13)N2c1ccccc1. The van der Waals surface area contributed by atoms with Gasteiger partial charge in [0.2, 0.25) is 0 Å².